The first-order chi connectivity index (χ1) is 17.9. The SMILES string of the molecule is O=C(NCCO[C@@H]1[C@H](O)[C@@H](OP(=O)([O-])[O-])[C@H](OP(=O)([O-])[O-])[C@@H](O)[C@@H]1OP(=O)([O-])[O-])C12CC3CC(CC(C3)C1)C2. The zero-order valence-corrected chi connectivity index (χ0v) is 23.0. The second-order valence-electron chi connectivity index (χ2n) is 10.8. The lowest BCUT2D eigenvalue weighted by Crippen LogP contribution is -2.66. The number of amides is 1. The highest BCUT2D eigenvalue weighted by Crippen LogP contribution is 2.60. The van der Waals surface area contributed by atoms with Crippen molar-refractivity contribution in [2.24, 2.45) is 23.2 Å². The smallest absolute Gasteiger partial charge is 0.226 e. The molecule has 39 heavy (non-hydrogen) atoms. The van der Waals surface area contributed by atoms with E-state index in [9.17, 15) is 58.1 Å². The van der Waals surface area contributed by atoms with E-state index >= 15 is 0 Å². The number of phosphoric ester groups is 3. The fourth-order valence-electron chi connectivity index (χ4n) is 7.09. The number of ether oxygens (including phenoxy) is 1. The van der Waals surface area contributed by atoms with Crippen LogP contribution in [-0.4, -0.2) is 65.9 Å². The normalized spacial score (nSPS) is 40.6. The molecule has 4 bridgehead atoms. The molecule has 0 aliphatic heterocycles. The third-order valence-electron chi connectivity index (χ3n) is 7.96. The van der Waals surface area contributed by atoms with Crippen molar-refractivity contribution in [2.45, 2.75) is 75.1 Å². The minimum atomic E-state index is -6.07. The van der Waals surface area contributed by atoms with Crippen LogP contribution < -0.4 is 34.7 Å². The predicted molar refractivity (Wildman–Crippen MR) is 113 cm³/mol. The third-order valence-corrected chi connectivity index (χ3v) is 9.47. The molecule has 20 heteroatoms. The monoisotopic (exact) mass is 619 g/mol. The molecule has 0 aromatic carbocycles. The number of aliphatic hydroxyl groups is 2. The first-order valence-electron chi connectivity index (χ1n) is 12.2. The van der Waals surface area contributed by atoms with Crippen molar-refractivity contribution in [3.05, 3.63) is 0 Å². The van der Waals surface area contributed by atoms with Crippen LogP contribution in [0.5, 0.6) is 0 Å². The Hall–Kier alpha value is -0.320. The van der Waals surface area contributed by atoms with Crippen molar-refractivity contribution in [3.8, 4) is 0 Å². The maximum Gasteiger partial charge on any atom is 0.226 e. The van der Waals surface area contributed by atoms with Crippen LogP contribution in [0.25, 0.3) is 0 Å². The Kier molecular flexibility index (Phi) is 9.24. The van der Waals surface area contributed by atoms with Crippen LogP contribution in [0.4, 0.5) is 0 Å². The Morgan fingerprint density at radius 2 is 1.08 bits per heavy atom. The van der Waals surface area contributed by atoms with Gasteiger partial charge in [0.25, 0.3) is 0 Å². The molecule has 0 aromatic heterocycles. The summed E-state index contributed by atoms with van der Waals surface area (Å²) < 4.78 is 51.2. The van der Waals surface area contributed by atoms with Crippen LogP contribution in [0.2, 0.25) is 0 Å². The summed E-state index contributed by atoms with van der Waals surface area (Å²) in [5.41, 5.74) is -0.518. The lowest BCUT2D eigenvalue weighted by atomic mass is 9.49. The van der Waals surface area contributed by atoms with Gasteiger partial charge in [-0.15, -0.1) is 0 Å². The van der Waals surface area contributed by atoms with Gasteiger partial charge >= 0.3 is 0 Å². The molecule has 0 heterocycles. The Morgan fingerprint density at radius 1 is 0.718 bits per heavy atom. The van der Waals surface area contributed by atoms with Crippen molar-refractivity contribution >= 4 is 29.4 Å². The molecule has 17 nitrogen and oxygen atoms in total. The summed E-state index contributed by atoms with van der Waals surface area (Å²) in [6.45, 7) is -0.705. The van der Waals surface area contributed by atoms with Crippen LogP contribution in [0.3, 0.4) is 0 Å². The molecule has 226 valence electrons. The number of carbonyl (C=O) groups is 1. The van der Waals surface area contributed by atoms with Gasteiger partial charge in [0.2, 0.25) is 5.91 Å². The van der Waals surface area contributed by atoms with E-state index in [1.807, 2.05) is 0 Å². The number of hydrogen-bond acceptors (Lipinski definition) is 16. The number of hydrogen-bond donors (Lipinski definition) is 3. The van der Waals surface area contributed by atoms with E-state index < -0.39 is 72.1 Å². The topological polar surface area (TPSA) is 296 Å². The Labute approximate surface area is 222 Å². The van der Waals surface area contributed by atoms with E-state index in [0.29, 0.717) is 17.8 Å². The number of carbonyl (C=O) groups excluding carboxylic acids is 1. The van der Waals surface area contributed by atoms with Crippen molar-refractivity contribution in [3.63, 3.8) is 0 Å². The first kappa shape index (κ1) is 31.6. The van der Waals surface area contributed by atoms with E-state index in [0.717, 1.165) is 38.5 Å². The standard InChI is InChI=1S/C19H34NO16P3/c21-12-14(33-2-1-20-18(23)19-6-9-3-10(7-19)5-11(4-9)8-19)15(34-37(24,25)26)13(22)17(36-39(30,31)32)16(12)35-38(27,28)29/h9-17,21-22H,1-8H2,(H,20,23)(H2,24,25,26)(H2,27,28,29)(H2,30,31,32)/p-6/t9?,10?,11?,12-,13-,14+,15-,16+,17+,19?/m0/s1. The van der Waals surface area contributed by atoms with Gasteiger partial charge in [-0.1, -0.05) is 0 Å². The zero-order valence-electron chi connectivity index (χ0n) is 20.3. The third kappa shape index (κ3) is 7.75. The highest BCUT2D eigenvalue weighted by molar-refractivity contribution is 7.43. The summed E-state index contributed by atoms with van der Waals surface area (Å²) in [4.78, 5) is 80.3. The Morgan fingerprint density at radius 3 is 1.46 bits per heavy atom. The lowest BCUT2D eigenvalue weighted by Gasteiger charge is -2.55. The van der Waals surface area contributed by atoms with Crippen molar-refractivity contribution < 1.29 is 76.4 Å². The van der Waals surface area contributed by atoms with Crippen molar-refractivity contribution in [1.29, 1.82) is 0 Å². The summed E-state index contributed by atoms with van der Waals surface area (Å²) >= 11 is 0. The fourth-order valence-corrected chi connectivity index (χ4v) is 8.72. The summed E-state index contributed by atoms with van der Waals surface area (Å²) in [7, 11) is -18.1. The molecule has 0 unspecified atom stereocenters. The molecule has 3 N–H and O–H groups in total. The van der Waals surface area contributed by atoms with Gasteiger partial charge in [0.05, 0.1) is 30.1 Å². The maximum absolute atomic E-state index is 13.1. The van der Waals surface area contributed by atoms with Gasteiger partial charge < -0.3 is 76.9 Å². The van der Waals surface area contributed by atoms with E-state index in [4.69, 9.17) is 4.74 Å². The van der Waals surface area contributed by atoms with E-state index in [1.165, 1.54) is 0 Å². The molecular formula is C19H28NO16P3-6. The van der Waals surface area contributed by atoms with Gasteiger partial charge in [-0.2, -0.15) is 0 Å². The molecule has 5 fully saturated rings. The highest BCUT2D eigenvalue weighted by Gasteiger charge is 2.55. The molecule has 1 amide bonds. The molecule has 6 atom stereocenters. The molecule has 0 aromatic rings. The Bertz CT molecular complexity index is 1020. The summed E-state index contributed by atoms with van der Waals surface area (Å²) in [6.07, 6.45) is -9.35. The van der Waals surface area contributed by atoms with Gasteiger partial charge in [-0.05, 0) is 56.3 Å². The van der Waals surface area contributed by atoms with Crippen LogP contribution in [0.1, 0.15) is 38.5 Å². The number of phosphoric acid groups is 3. The molecule has 5 saturated carbocycles. The fraction of sp³-hybridized carbons (Fsp3) is 0.947. The average molecular weight is 619 g/mol. The van der Waals surface area contributed by atoms with Gasteiger partial charge in [0, 0.05) is 12.0 Å². The largest absolute Gasteiger partial charge is 0.790 e. The van der Waals surface area contributed by atoms with Crippen LogP contribution in [-0.2, 0) is 36.8 Å². The quantitative estimate of drug-likeness (QED) is 0.144. The second kappa shape index (κ2) is 11.4. The van der Waals surface area contributed by atoms with Crippen molar-refractivity contribution in [2.75, 3.05) is 13.2 Å². The number of rotatable bonds is 11. The zero-order chi connectivity index (χ0) is 29.0. The lowest BCUT2D eigenvalue weighted by molar-refractivity contribution is -0.372. The van der Waals surface area contributed by atoms with Gasteiger partial charge in [-0.3, -0.25) is 4.79 Å². The maximum atomic E-state index is 13.1. The highest BCUT2D eigenvalue weighted by atomic mass is 31.2. The van der Waals surface area contributed by atoms with Crippen LogP contribution in [0, 0.1) is 23.2 Å². The van der Waals surface area contributed by atoms with Gasteiger partial charge in [-0.25, -0.2) is 0 Å². The minimum Gasteiger partial charge on any atom is -0.790 e. The predicted octanol–water partition coefficient (Wildman–Crippen LogP) is -4.92. The first-order valence-corrected chi connectivity index (χ1v) is 16.6. The van der Waals surface area contributed by atoms with E-state index in [2.05, 4.69) is 18.9 Å². The molecule has 0 saturated heterocycles. The van der Waals surface area contributed by atoms with E-state index in [1.54, 1.807) is 0 Å². The van der Waals surface area contributed by atoms with Gasteiger partial charge in [0.15, 0.2) is 0 Å². The van der Waals surface area contributed by atoms with Crippen LogP contribution in [0.15, 0.2) is 0 Å². The Balaban J connectivity index is 1.46. The molecule has 5 aliphatic rings. The number of aliphatic hydroxyl groups excluding tert-OH is 2. The number of nitrogens with one attached hydrogen (secondary N) is 1. The molecule has 0 radical (unpaired) electrons. The summed E-state index contributed by atoms with van der Waals surface area (Å²) in [5.74, 6) is 1.23. The average Bonchev–Trinajstić information content (AvgIpc) is 2.75. The molecule has 5 rings (SSSR count). The summed E-state index contributed by atoms with van der Waals surface area (Å²) in [6, 6.07) is 0. The minimum absolute atomic E-state index is 0.206. The molecule has 5 aliphatic carbocycles. The summed E-state index contributed by atoms with van der Waals surface area (Å²) in [5, 5.41) is 23.8. The molecular weight excluding hydrogens is 591 g/mol. The second-order valence-corrected chi connectivity index (χ2v) is 14.1. The van der Waals surface area contributed by atoms with Gasteiger partial charge in [0.1, 0.15) is 36.6 Å². The van der Waals surface area contributed by atoms with Crippen LogP contribution >= 0.6 is 23.5 Å². The molecule has 0 spiro atoms. The van der Waals surface area contributed by atoms with E-state index in [-0.39, 0.29) is 12.5 Å². The van der Waals surface area contributed by atoms with Crippen molar-refractivity contribution in [1.82, 2.24) is 5.32 Å².